The Morgan fingerprint density at radius 3 is 2.34 bits per heavy atom. The molecule has 3 rings (SSSR count). The van der Waals surface area contributed by atoms with Crippen molar-refractivity contribution in [2.75, 3.05) is 25.0 Å². The molecule has 1 unspecified atom stereocenters. The highest BCUT2D eigenvalue weighted by atomic mass is 19.1. The van der Waals surface area contributed by atoms with Crippen molar-refractivity contribution in [3.8, 4) is 0 Å². The molecule has 0 aliphatic carbocycles. The number of alkyl carbamates (subject to hydrolysis) is 1. The first kappa shape index (κ1) is 25.7. The molecular weight excluding hydrogens is 453 g/mol. The minimum absolute atomic E-state index is 0.225. The zero-order valence-corrected chi connectivity index (χ0v) is 20.2. The van der Waals surface area contributed by atoms with Gasteiger partial charge in [0.25, 0.3) is 5.91 Å². The monoisotopic (exact) mass is 483 g/mol. The number of rotatable bonds is 6. The zero-order chi connectivity index (χ0) is 25.6. The van der Waals surface area contributed by atoms with E-state index in [1.54, 1.807) is 70.3 Å². The number of halogens is 1. The first-order valence-electron chi connectivity index (χ1n) is 11.3. The largest absolute Gasteiger partial charge is 0.444 e. The second-order valence-corrected chi connectivity index (χ2v) is 8.96. The summed E-state index contributed by atoms with van der Waals surface area (Å²) in [6, 6.07) is 12.6. The number of anilines is 1. The van der Waals surface area contributed by atoms with Crippen LogP contribution in [0.25, 0.3) is 0 Å². The van der Waals surface area contributed by atoms with Gasteiger partial charge < -0.3 is 25.6 Å². The van der Waals surface area contributed by atoms with Crippen molar-refractivity contribution < 1.29 is 23.5 Å². The van der Waals surface area contributed by atoms with Crippen LogP contribution in [-0.4, -0.2) is 55.6 Å². The fraction of sp³-hybridized carbons (Fsp3) is 0.360. The van der Waals surface area contributed by atoms with Crippen molar-refractivity contribution >= 4 is 29.4 Å². The van der Waals surface area contributed by atoms with E-state index in [1.165, 1.54) is 11.0 Å². The number of nitrogens with zero attached hydrogens (tertiary/aromatic N) is 2. The number of hydrogen-bond donors (Lipinski definition) is 3. The molecule has 0 saturated heterocycles. The molecule has 10 heteroatoms. The molecule has 1 atom stereocenters. The average molecular weight is 484 g/mol. The molecule has 1 heterocycles. The molecule has 3 N–H and O–H groups in total. The van der Waals surface area contributed by atoms with E-state index in [2.05, 4.69) is 20.9 Å². The molecule has 186 valence electrons. The van der Waals surface area contributed by atoms with Crippen LogP contribution in [0.4, 0.5) is 19.7 Å². The number of aliphatic imine (C=N–C) groups is 1. The molecule has 4 amide bonds. The fourth-order valence-electron chi connectivity index (χ4n) is 3.45. The lowest BCUT2D eigenvalue weighted by Crippen LogP contribution is -2.49. The van der Waals surface area contributed by atoms with E-state index in [-0.39, 0.29) is 17.8 Å². The van der Waals surface area contributed by atoms with Crippen LogP contribution in [0.2, 0.25) is 0 Å². The number of carbonyl (C=O) groups is 3. The van der Waals surface area contributed by atoms with Crippen LogP contribution in [0.15, 0.2) is 53.5 Å². The summed E-state index contributed by atoms with van der Waals surface area (Å²) >= 11 is 0. The molecule has 2 aromatic rings. The molecule has 0 bridgehead atoms. The lowest BCUT2D eigenvalue weighted by atomic mass is 10.00. The molecule has 0 fully saturated rings. The van der Waals surface area contributed by atoms with Crippen molar-refractivity contribution in [2.24, 2.45) is 4.99 Å². The first-order valence-corrected chi connectivity index (χ1v) is 11.3. The molecule has 2 aromatic carbocycles. The Morgan fingerprint density at radius 1 is 1.03 bits per heavy atom. The number of urea groups is 1. The number of carbonyl (C=O) groups excluding carboxylic acids is 3. The van der Waals surface area contributed by atoms with Gasteiger partial charge in [-0.15, -0.1) is 0 Å². The van der Waals surface area contributed by atoms with Crippen LogP contribution in [0.1, 0.15) is 38.3 Å². The number of fused-ring (bicyclic) bond motifs is 1. The maximum absolute atomic E-state index is 14.7. The van der Waals surface area contributed by atoms with Crippen LogP contribution in [0, 0.1) is 5.82 Å². The van der Waals surface area contributed by atoms with Gasteiger partial charge in [0, 0.05) is 31.3 Å². The summed E-state index contributed by atoms with van der Waals surface area (Å²) in [6.45, 7) is 5.84. The summed E-state index contributed by atoms with van der Waals surface area (Å²) in [5.74, 6) is -0.954. The van der Waals surface area contributed by atoms with Gasteiger partial charge in [-0.3, -0.25) is 4.79 Å². The van der Waals surface area contributed by atoms with Gasteiger partial charge in [-0.1, -0.05) is 30.3 Å². The smallest absolute Gasteiger partial charge is 0.407 e. The number of para-hydroxylation sites is 1. The van der Waals surface area contributed by atoms with Crippen molar-refractivity contribution in [3.05, 3.63) is 65.5 Å². The first-order chi connectivity index (χ1) is 16.6. The molecule has 35 heavy (non-hydrogen) atoms. The quantitative estimate of drug-likeness (QED) is 0.548. The highest BCUT2D eigenvalue weighted by Gasteiger charge is 2.31. The van der Waals surface area contributed by atoms with E-state index in [4.69, 9.17) is 4.74 Å². The van der Waals surface area contributed by atoms with E-state index in [0.717, 1.165) is 0 Å². The van der Waals surface area contributed by atoms with Gasteiger partial charge in [0.1, 0.15) is 11.4 Å². The van der Waals surface area contributed by atoms with Crippen LogP contribution in [-0.2, 0) is 9.53 Å². The fourth-order valence-corrected chi connectivity index (χ4v) is 3.45. The predicted octanol–water partition coefficient (Wildman–Crippen LogP) is 3.18. The Kier molecular flexibility index (Phi) is 8.06. The Morgan fingerprint density at radius 2 is 1.66 bits per heavy atom. The summed E-state index contributed by atoms with van der Waals surface area (Å²) in [5.41, 5.74) is 1.03. The topological polar surface area (TPSA) is 112 Å². The molecule has 0 radical (unpaired) electrons. The maximum Gasteiger partial charge on any atom is 0.407 e. The predicted molar refractivity (Wildman–Crippen MR) is 131 cm³/mol. The number of amides is 4. The Bertz CT molecular complexity index is 1130. The zero-order valence-electron chi connectivity index (χ0n) is 20.2. The summed E-state index contributed by atoms with van der Waals surface area (Å²) in [6.07, 6.45) is -1.36. The summed E-state index contributed by atoms with van der Waals surface area (Å²) in [5, 5.41) is 7.80. The second kappa shape index (κ2) is 11.0. The Hall–Kier alpha value is -3.95. The van der Waals surface area contributed by atoms with E-state index in [1.807, 2.05) is 0 Å². The van der Waals surface area contributed by atoms with Crippen LogP contribution in [0.3, 0.4) is 0 Å². The average Bonchev–Trinajstić information content (AvgIpc) is 2.89. The van der Waals surface area contributed by atoms with E-state index in [9.17, 15) is 18.8 Å². The van der Waals surface area contributed by atoms with E-state index >= 15 is 0 Å². The van der Waals surface area contributed by atoms with Gasteiger partial charge in [0.05, 0.1) is 11.4 Å². The third kappa shape index (κ3) is 6.78. The number of nitrogens with one attached hydrogen (secondary N) is 3. The summed E-state index contributed by atoms with van der Waals surface area (Å²) in [7, 11) is 1.58. The standard InChI is InChI=1S/C25H30FN5O4/c1-25(2,3)35-24(34)28-15-9-14-27-23(33)30-21-22(32)31(4)19-13-8-6-11-17(19)20(29-21)16-10-5-7-12-18(16)26/h5-8,10-13,21H,9,14-15H2,1-4H3,(H,28,34)(H2,27,30,33). The van der Waals surface area contributed by atoms with Crippen LogP contribution in [0.5, 0.6) is 0 Å². The van der Waals surface area contributed by atoms with E-state index in [0.29, 0.717) is 24.2 Å². The van der Waals surface area contributed by atoms with Crippen molar-refractivity contribution in [1.82, 2.24) is 16.0 Å². The van der Waals surface area contributed by atoms with Crippen LogP contribution >= 0.6 is 0 Å². The third-order valence-corrected chi connectivity index (χ3v) is 5.05. The minimum Gasteiger partial charge on any atom is -0.444 e. The van der Waals surface area contributed by atoms with Gasteiger partial charge in [-0.05, 0) is 45.4 Å². The molecule has 1 aliphatic heterocycles. The minimum atomic E-state index is -1.26. The lowest BCUT2D eigenvalue weighted by molar-refractivity contribution is -0.119. The molecule has 0 saturated carbocycles. The van der Waals surface area contributed by atoms with Crippen LogP contribution < -0.4 is 20.9 Å². The molecular formula is C25H30FN5O4. The molecule has 9 nitrogen and oxygen atoms in total. The number of ether oxygens (including phenoxy) is 1. The van der Waals surface area contributed by atoms with Crippen molar-refractivity contribution in [2.45, 2.75) is 39.0 Å². The van der Waals surface area contributed by atoms with Gasteiger partial charge >= 0.3 is 12.1 Å². The van der Waals surface area contributed by atoms with Gasteiger partial charge in [-0.2, -0.15) is 0 Å². The SMILES string of the molecule is CN1C(=O)C(NC(=O)NCCCNC(=O)OC(C)(C)C)N=C(c2ccccc2F)c2ccccc21. The normalized spacial score (nSPS) is 15.5. The van der Waals surface area contributed by atoms with Gasteiger partial charge in [0.2, 0.25) is 6.17 Å². The van der Waals surface area contributed by atoms with Gasteiger partial charge in [-0.25, -0.2) is 19.0 Å². The lowest BCUT2D eigenvalue weighted by Gasteiger charge is -2.21. The van der Waals surface area contributed by atoms with Gasteiger partial charge in [0.15, 0.2) is 0 Å². The molecule has 1 aliphatic rings. The highest BCUT2D eigenvalue weighted by molar-refractivity contribution is 6.20. The Balaban J connectivity index is 1.68. The van der Waals surface area contributed by atoms with Crippen molar-refractivity contribution in [3.63, 3.8) is 0 Å². The number of benzene rings is 2. The summed E-state index contributed by atoms with van der Waals surface area (Å²) < 4.78 is 19.8. The number of hydrogen-bond acceptors (Lipinski definition) is 5. The number of likely N-dealkylation sites (N-methyl/N-ethyl adjacent to an activating group) is 1. The highest BCUT2D eigenvalue weighted by Crippen LogP contribution is 2.27. The summed E-state index contributed by atoms with van der Waals surface area (Å²) in [4.78, 5) is 43.1. The third-order valence-electron chi connectivity index (χ3n) is 5.05. The Labute approximate surface area is 203 Å². The number of benzodiazepines with no additional fused rings is 1. The molecule has 0 spiro atoms. The van der Waals surface area contributed by atoms with E-state index < -0.39 is 35.6 Å². The second-order valence-electron chi connectivity index (χ2n) is 8.96. The molecule has 0 aromatic heterocycles. The van der Waals surface area contributed by atoms with Crippen molar-refractivity contribution in [1.29, 1.82) is 0 Å². The maximum atomic E-state index is 14.7.